The maximum atomic E-state index is 13.8. The Bertz CT molecular complexity index is 1260. The highest BCUT2D eigenvalue weighted by molar-refractivity contribution is 7.89. The Morgan fingerprint density at radius 1 is 0.912 bits per heavy atom. The topological polar surface area (TPSA) is 84.0 Å². The quantitative estimate of drug-likeness (QED) is 0.460. The average Bonchev–Trinajstić information content (AvgIpc) is 3.12. The van der Waals surface area contributed by atoms with E-state index in [9.17, 15) is 18.0 Å². The molecular formula is C26H26N2O5S. The van der Waals surface area contributed by atoms with Crippen molar-refractivity contribution in [1.82, 2.24) is 4.31 Å². The number of amides is 2. The minimum Gasteiger partial charge on any atom is -0.466 e. The number of sulfonamides is 1. The Hall–Kier alpha value is -3.65. The van der Waals surface area contributed by atoms with Gasteiger partial charge in [-0.25, -0.2) is 17.5 Å². The van der Waals surface area contributed by atoms with E-state index in [2.05, 4.69) is 0 Å². The first-order valence-corrected chi connectivity index (χ1v) is 12.5. The Morgan fingerprint density at radius 3 is 2.09 bits per heavy atom. The van der Waals surface area contributed by atoms with Crippen molar-refractivity contribution in [2.45, 2.75) is 37.2 Å². The minimum atomic E-state index is -4.26. The summed E-state index contributed by atoms with van der Waals surface area (Å²) < 4.78 is 33.6. The van der Waals surface area contributed by atoms with Crippen LogP contribution < -0.4 is 4.90 Å². The molecule has 34 heavy (non-hydrogen) atoms. The van der Waals surface area contributed by atoms with Crippen LogP contribution in [-0.4, -0.2) is 37.4 Å². The van der Waals surface area contributed by atoms with Crippen molar-refractivity contribution in [1.29, 1.82) is 0 Å². The molecule has 1 aliphatic rings. The molecule has 7 nitrogen and oxygen atoms in total. The lowest BCUT2D eigenvalue weighted by atomic mass is 9.97. The van der Waals surface area contributed by atoms with E-state index >= 15 is 0 Å². The number of hydrogen-bond donors (Lipinski definition) is 0. The number of hydrogen-bond acceptors (Lipinski definition) is 5. The molecule has 8 heteroatoms. The molecule has 3 aromatic rings. The van der Waals surface area contributed by atoms with Crippen LogP contribution in [-0.2, 0) is 19.6 Å². The highest BCUT2D eigenvalue weighted by Gasteiger charge is 2.53. The molecule has 0 N–H and O–H groups in total. The molecule has 1 aliphatic heterocycles. The Morgan fingerprint density at radius 2 is 1.50 bits per heavy atom. The van der Waals surface area contributed by atoms with Crippen LogP contribution in [0.4, 0.5) is 10.5 Å². The monoisotopic (exact) mass is 478 g/mol. The molecule has 0 aliphatic carbocycles. The van der Waals surface area contributed by atoms with E-state index in [1.54, 1.807) is 43.3 Å². The number of esters is 1. The predicted molar refractivity (Wildman–Crippen MR) is 129 cm³/mol. The molecule has 0 aromatic heterocycles. The van der Waals surface area contributed by atoms with E-state index in [-0.39, 0.29) is 17.9 Å². The molecule has 1 saturated heterocycles. The summed E-state index contributed by atoms with van der Waals surface area (Å²) in [6, 6.07) is 21.9. The number of benzene rings is 3. The normalized spacial score (nSPS) is 18.2. The van der Waals surface area contributed by atoms with E-state index in [1.165, 1.54) is 17.0 Å². The fraction of sp³-hybridized carbons (Fsp3) is 0.231. The molecule has 4 rings (SSSR count). The van der Waals surface area contributed by atoms with Gasteiger partial charge >= 0.3 is 12.0 Å². The number of carbonyl (C=O) groups is 2. The second kappa shape index (κ2) is 9.69. The maximum Gasteiger partial charge on any atom is 0.339 e. The molecule has 0 bridgehead atoms. The molecule has 0 radical (unpaired) electrons. The highest BCUT2D eigenvalue weighted by Crippen LogP contribution is 2.43. The lowest BCUT2D eigenvalue weighted by Crippen LogP contribution is -2.41. The van der Waals surface area contributed by atoms with Crippen molar-refractivity contribution < 1.29 is 22.7 Å². The number of anilines is 1. The van der Waals surface area contributed by atoms with Crippen molar-refractivity contribution in [2.75, 3.05) is 11.5 Å². The van der Waals surface area contributed by atoms with Crippen LogP contribution in [0.15, 0.2) is 89.8 Å². The molecule has 1 heterocycles. The van der Waals surface area contributed by atoms with Crippen molar-refractivity contribution in [2.24, 2.45) is 0 Å². The summed E-state index contributed by atoms with van der Waals surface area (Å²) >= 11 is 0. The van der Waals surface area contributed by atoms with E-state index in [1.807, 2.05) is 43.3 Å². The van der Waals surface area contributed by atoms with Crippen molar-refractivity contribution >= 4 is 27.7 Å². The molecule has 0 unspecified atom stereocenters. The van der Waals surface area contributed by atoms with Gasteiger partial charge in [0.1, 0.15) is 0 Å². The maximum absolute atomic E-state index is 13.8. The lowest BCUT2D eigenvalue weighted by molar-refractivity contribution is -0.143. The van der Waals surface area contributed by atoms with Crippen molar-refractivity contribution in [3.63, 3.8) is 0 Å². The molecular weight excluding hydrogens is 452 g/mol. The van der Waals surface area contributed by atoms with Crippen LogP contribution in [0.1, 0.15) is 30.5 Å². The number of para-hydroxylation sites is 1. The van der Waals surface area contributed by atoms with Crippen LogP contribution >= 0.6 is 0 Å². The van der Waals surface area contributed by atoms with Gasteiger partial charge in [-0.15, -0.1) is 0 Å². The number of ether oxygens (including phenoxy) is 1. The first-order valence-electron chi connectivity index (χ1n) is 11.0. The zero-order valence-corrected chi connectivity index (χ0v) is 19.8. The van der Waals surface area contributed by atoms with Gasteiger partial charge in [-0.2, -0.15) is 0 Å². The summed E-state index contributed by atoms with van der Waals surface area (Å²) in [6.07, 6.45) is -0.270. The first-order chi connectivity index (χ1) is 16.3. The largest absolute Gasteiger partial charge is 0.466 e. The first kappa shape index (κ1) is 23.5. The van der Waals surface area contributed by atoms with Crippen molar-refractivity contribution in [3.05, 3.63) is 96.1 Å². The number of aryl methyl sites for hydroxylation is 1. The van der Waals surface area contributed by atoms with E-state index < -0.39 is 34.1 Å². The standard InChI is InChI=1S/C26H26N2O5S/c1-3-33-24(29)18-23-25(20-10-6-4-7-11-20)27(21-12-8-5-9-13-21)26(30)28(23)34(31,32)22-16-14-19(2)15-17-22/h4-17,23,25H,3,18H2,1-2H3/t23-,25-/m1/s1. The second-order valence-corrected chi connectivity index (χ2v) is 9.85. The second-order valence-electron chi connectivity index (χ2n) is 8.03. The van der Waals surface area contributed by atoms with Gasteiger partial charge in [0.05, 0.1) is 30.0 Å². The van der Waals surface area contributed by atoms with Crippen LogP contribution in [0.3, 0.4) is 0 Å². The third-order valence-corrected chi connectivity index (χ3v) is 7.59. The molecule has 1 fully saturated rings. The average molecular weight is 479 g/mol. The Kier molecular flexibility index (Phi) is 6.70. The Labute approximate surface area is 199 Å². The summed E-state index contributed by atoms with van der Waals surface area (Å²) in [5.74, 6) is -0.569. The SMILES string of the molecule is CCOC(=O)C[C@@H]1[C@@H](c2ccccc2)N(c2ccccc2)C(=O)N1S(=O)(=O)c1ccc(C)cc1. The summed E-state index contributed by atoms with van der Waals surface area (Å²) in [7, 11) is -4.26. The van der Waals surface area contributed by atoms with Gasteiger partial charge in [0.2, 0.25) is 0 Å². The minimum absolute atomic E-state index is 0.0120. The Balaban J connectivity index is 1.90. The van der Waals surface area contributed by atoms with Gasteiger partial charge in [0.15, 0.2) is 0 Å². The van der Waals surface area contributed by atoms with Gasteiger partial charge in [-0.1, -0.05) is 66.2 Å². The lowest BCUT2D eigenvalue weighted by Gasteiger charge is -2.27. The molecule has 0 saturated carbocycles. The van der Waals surface area contributed by atoms with E-state index in [0.717, 1.165) is 15.4 Å². The zero-order chi connectivity index (χ0) is 24.3. The molecule has 176 valence electrons. The number of urea groups is 1. The van der Waals surface area contributed by atoms with Crippen LogP contribution in [0.5, 0.6) is 0 Å². The fourth-order valence-electron chi connectivity index (χ4n) is 4.24. The molecule has 3 aromatic carbocycles. The van der Waals surface area contributed by atoms with Crippen LogP contribution in [0.2, 0.25) is 0 Å². The van der Waals surface area contributed by atoms with Gasteiger partial charge in [-0.3, -0.25) is 9.69 Å². The van der Waals surface area contributed by atoms with E-state index in [4.69, 9.17) is 4.74 Å². The van der Waals surface area contributed by atoms with Gasteiger partial charge < -0.3 is 4.74 Å². The van der Waals surface area contributed by atoms with Gasteiger partial charge in [0, 0.05) is 5.69 Å². The predicted octanol–water partition coefficient (Wildman–Crippen LogP) is 4.69. The number of rotatable bonds is 7. The summed E-state index contributed by atoms with van der Waals surface area (Å²) in [6.45, 7) is 3.69. The van der Waals surface area contributed by atoms with Crippen molar-refractivity contribution in [3.8, 4) is 0 Å². The number of carbonyl (C=O) groups excluding carboxylic acids is 2. The summed E-state index contributed by atoms with van der Waals surface area (Å²) in [5.41, 5.74) is 2.15. The fourth-order valence-corrected chi connectivity index (χ4v) is 5.79. The number of nitrogens with zero attached hydrogens (tertiary/aromatic N) is 2. The van der Waals surface area contributed by atoms with Crippen LogP contribution in [0, 0.1) is 6.92 Å². The summed E-state index contributed by atoms with van der Waals surface area (Å²) in [4.78, 5) is 27.9. The van der Waals surface area contributed by atoms with Gasteiger partial charge in [0.25, 0.3) is 10.0 Å². The molecule has 2 amide bonds. The third-order valence-electron chi connectivity index (χ3n) is 5.77. The smallest absolute Gasteiger partial charge is 0.339 e. The zero-order valence-electron chi connectivity index (χ0n) is 19.0. The molecule has 0 spiro atoms. The highest BCUT2D eigenvalue weighted by atomic mass is 32.2. The van der Waals surface area contributed by atoms with Gasteiger partial charge in [-0.05, 0) is 43.7 Å². The molecule has 2 atom stereocenters. The third kappa shape index (κ3) is 4.41. The summed E-state index contributed by atoms with van der Waals surface area (Å²) in [5, 5.41) is 0. The van der Waals surface area contributed by atoms with Crippen LogP contribution in [0.25, 0.3) is 0 Å². The van der Waals surface area contributed by atoms with E-state index in [0.29, 0.717) is 5.69 Å².